The van der Waals surface area contributed by atoms with E-state index in [4.69, 9.17) is 10.6 Å². The van der Waals surface area contributed by atoms with Crippen molar-refractivity contribution in [3.8, 4) is 0 Å². The van der Waals surface area contributed by atoms with Crippen molar-refractivity contribution < 1.29 is 4.74 Å². The molecular weight excluding hydrogens is 230 g/mol. The lowest BCUT2D eigenvalue weighted by Crippen LogP contribution is -2.19. The fourth-order valence-corrected chi connectivity index (χ4v) is 1.76. The van der Waals surface area contributed by atoms with E-state index in [0.29, 0.717) is 17.8 Å². The van der Waals surface area contributed by atoms with E-state index in [-0.39, 0.29) is 0 Å². The number of ether oxygens (including phenoxy) is 1. The molecule has 1 fully saturated rings. The molecule has 1 atom stereocenters. The number of hydrogen-bond donors (Lipinski definition) is 3. The van der Waals surface area contributed by atoms with E-state index in [1.807, 2.05) is 6.07 Å². The van der Waals surface area contributed by atoms with Gasteiger partial charge in [0.05, 0.1) is 0 Å². The first-order chi connectivity index (χ1) is 8.72. The molecule has 18 heavy (non-hydrogen) atoms. The van der Waals surface area contributed by atoms with Crippen LogP contribution in [0.15, 0.2) is 6.07 Å². The van der Waals surface area contributed by atoms with Crippen LogP contribution in [0.1, 0.15) is 37.9 Å². The molecule has 1 unspecified atom stereocenters. The third-order valence-electron chi connectivity index (χ3n) is 2.98. The van der Waals surface area contributed by atoms with Crippen molar-refractivity contribution in [2.24, 2.45) is 5.84 Å². The van der Waals surface area contributed by atoms with Crippen LogP contribution in [0.4, 0.5) is 11.6 Å². The summed E-state index contributed by atoms with van der Waals surface area (Å²) in [6.07, 6.45) is 3.28. The molecule has 0 amide bonds. The second-order valence-corrected chi connectivity index (χ2v) is 4.74. The molecule has 1 aliphatic carbocycles. The molecule has 0 radical (unpaired) electrons. The van der Waals surface area contributed by atoms with Gasteiger partial charge in [0, 0.05) is 31.7 Å². The van der Waals surface area contributed by atoms with Crippen LogP contribution in [0.2, 0.25) is 0 Å². The molecule has 1 aromatic rings. The first-order valence-electron chi connectivity index (χ1n) is 6.34. The Morgan fingerprint density at radius 3 is 2.78 bits per heavy atom. The number of nitrogens with one attached hydrogen (secondary N) is 2. The minimum absolute atomic E-state index is 0.303. The molecule has 0 saturated heterocycles. The van der Waals surface area contributed by atoms with E-state index >= 15 is 0 Å². The minimum Gasteiger partial charge on any atom is -0.385 e. The van der Waals surface area contributed by atoms with Crippen molar-refractivity contribution in [3.63, 3.8) is 0 Å². The summed E-state index contributed by atoms with van der Waals surface area (Å²) in [7, 11) is 1.71. The molecular formula is C12H21N5O. The molecule has 6 nitrogen and oxygen atoms in total. The summed E-state index contributed by atoms with van der Waals surface area (Å²) in [6.45, 7) is 2.84. The van der Waals surface area contributed by atoms with E-state index in [0.717, 1.165) is 24.7 Å². The quantitative estimate of drug-likeness (QED) is 0.503. The average molecular weight is 251 g/mol. The molecule has 1 aromatic heterocycles. The van der Waals surface area contributed by atoms with Gasteiger partial charge in [0.2, 0.25) is 0 Å². The molecule has 1 aliphatic rings. The SMILES string of the molecule is COCCC(C)Nc1cc(NN)nc(C2CC2)n1. The van der Waals surface area contributed by atoms with Gasteiger partial charge in [-0.05, 0) is 26.2 Å². The molecule has 0 bridgehead atoms. The molecule has 0 aromatic carbocycles. The maximum Gasteiger partial charge on any atom is 0.145 e. The fourth-order valence-electron chi connectivity index (χ4n) is 1.76. The van der Waals surface area contributed by atoms with Gasteiger partial charge in [-0.2, -0.15) is 0 Å². The number of methoxy groups -OCH3 is 1. The van der Waals surface area contributed by atoms with Gasteiger partial charge >= 0.3 is 0 Å². The summed E-state index contributed by atoms with van der Waals surface area (Å²) >= 11 is 0. The molecule has 6 heteroatoms. The van der Waals surface area contributed by atoms with Crippen LogP contribution in [0, 0.1) is 0 Å². The summed E-state index contributed by atoms with van der Waals surface area (Å²) in [4.78, 5) is 8.90. The highest BCUT2D eigenvalue weighted by Crippen LogP contribution is 2.38. The van der Waals surface area contributed by atoms with Crippen molar-refractivity contribution >= 4 is 11.6 Å². The van der Waals surface area contributed by atoms with Gasteiger partial charge in [-0.3, -0.25) is 0 Å². The van der Waals surface area contributed by atoms with Crippen LogP contribution >= 0.6 is 0 Å². The Bertz CT molecular complexity index is 394. The van der Waals surface area contributed by atoms with Gasteiger partial charge in [-0.15, -0.1) is 0 Å². The smallest absolute Gasteiger partial charge is 0.145 e. The second kappa shape index (κ2) is 5.97. The zero-order valence-corrected chi connectivity index (χ0v) is 10.9. The number of nitrogens with zero attached hydrogens (tertiary/aromatic N) is 2. The lowest BCUT2D eigenvalue weighted by Gasteiger charge is -2.15. The van der Waals surface area contributed by atoms with Gasteiger partial charge in [-0.25, -0.2) is 15.8 Å². The van der Waals surface area contributed by atoms with Crippen LogP contribution in [0.25, 0.3) is 0 Å². The topological polar surface area (TPSA) is 85.1 Å². The van der Waals surface area contributed by atoms with Gasteiger partial charge in [0.15, 0.2) is 0 Å². The third-order valence-corrected chi connectivity index (χ3v) is 2.98. The van der Waals surface area contributed by atoms with Crippen molar-refractivity contribution in [1.29, 1.82) is 0 Å². The molecule has 2 rings (SSSR count). The zero-order chi connectivity index (χ0) is 13.0. The van der Waals surface area contributed by atoms with E-state index in [9.17, 15) is 0 Å². The summed E-state index contributed by atoms with van der Waals surface area (Å²) in [6, 6.07) is 2.13. The Labute approximate surface area is 107 Å². The Morgan fingerprint density at radius 2 is 2.17 bits per heavy atom. The van der Waals surface area contributed by atoms with E-state index in [1.165, 1.54) is 12.8 Å². The zero-order valence-electron chi connectivity index (χ0n) is 10.9. The van der Waals surface area contributed by atoms with Crippen molar-refractivity contribution in [3.05, 3.63) is 11.9 Å². The fraction of sp³-hybridized carbons (Fsp3) is 0.667. The molecule has 0 spiro atoms. The van der Waals surface area contributed by atoms with Crippen LogP contribution in [-0.4, -0.2) is 29.7 Å². The number of nitrogen functional groups attached to an aromatic ring is 1. The number of hydrazine groups is 1. The van der Waals surface area contributed by atoms with E-state index < -0.39 is 0 Å². The number of rotatable bonds is 7. The predicted octanol–water partition coefficient (Wildman–Crippen LogP) is 1.48. The molecule has 4 N–H and O–H groups in total. The Morgan fingerprint density at radius 1 is 1.44 bits per heavy atom. The average Bonchev–Trinajstić information content (AvgIpc) is 3.20. The first kappa shape index (κ1) is 13.0. The molecule has 1 saturated carbocycles. The summed E-state index contributed by atoms with van der Waals surface area (Å²) < 4.78 is 5.06. The van der Waals surface area contributed by atoms with Crippen LogP contribution in [-0.2, 0) is 4.74 Å². The lowest BCUT2D eigenvalue weighted by atomic mass is 10.2. The Balaban J connectivity index is 2.04. The van der Waals surface area contributed by atoms with E-state index in [1.54, 1.807) is 7.11 Å². The Hall–Kier alpha value is -1.40. The van der Waals surface area contributed by atoms with Crippen molar-refractivity contribution in [2.75, 3.05) is 24.5 Å². The molecule has 100 valence electrons. The highest BCUT2D eigenvalue weighted by atomic mass is 16.5. The maximum atomic E-state index is 5.43. The number of anilines is 2. The number of aromatic nitrogens is 2. The van der Waals surface area contributed by atoms with Crippen molar-refractivity contribution in [2.45, 2.75) is 38.1 Å². The van der Waals surface area contributed by atoms with Gasteiger partial charge in [0.1, 0.15) is 17.5 Å². The van der Waals surface area contributed by atoms with Crippen LogP contribution < -0.4 is 16.6 Å². The first-order valence-corrected chi connectivity index (χ1v) is 6.34. The minimum atomic E-state index is 0.303. The number of nitrogens with two attached hydrogens (primary N) is 1. The monoisotopic (exact) mass is 251 g/mol. The largest absolute Gasteiger partial charge is 0.385 e. The van der Waals surface area contributed by atoms with Crippen molar-refractivity contribution in [1.82, 2.24) is 9.97 Å². The summed E-state index contributed by atoms with van der Waals surface area (Å²) in [5.74, 6) is 8.30. The Kier molecular flexibility index (Phi) is 4.33. The number of hydrogen-bond acceptors (Lipinski definition) is 6. The predicted molar refractivity (Wildman–Crippen MR) is 71.4 cm³/mol. The van der Waals surface area contributed by atoms with E-state index in [2.05, 4.69) is 27.6 Å². The maximum absolute atomic E-state index is 5.43. The van der Waals surface area contributed by atoms with Gasteiger partial charge in [0.25, 0.3) is 0 Å². The third kappa shape index (κ3) is 3.54. The van der Waals surface area contributed by atoms with Gasteiger partial charge < -0.3 is 15.5 Å². The van der Waals surface area contributed by atoms with Crippen LogP contribution in [0.5, 0.6) is 0 Å². The molecule has 0 aliphatic heterocycles. The second-order valence-electron chi connectivity index (χ2n) is 4.74. The van der Waals surface area contributed by atoms with Gasteiger partial charge in [-0.1, -0.05) is 0 Å². The standard InChI is InChI=1S/C12H21N5O/c1-8(5-6-18-2)14-10-7-11(17-13)16-12(15-10)9-3-4-9/h7-9H,3-6,13H2,1-2H3,(H2,14,15,16,17). The highest BCUT2D eigenvalue weighted by molar-refractivity contribution is 5.48. The highest BCUT2D eigenvalue weighted by Gasteiger charge is 2.27. The van der Waals surface area contributed by atoms with Crippen LogP contribution in [0.3, 0.4) is 0 Å². The normalized spacial score (nSPS) is 16.4. The lowest BCUT2D eigenvalue weighted by molar-refractivity contribution is 0.191. The molecule has 1 heterocycles. The summed E-state index contributed by atoms with van der Waals surface area (Å²) in [5.41, 5.74) is 2.59. The summed E-state index contributed by atoms with van der Waals surface area (Å²) in [5, 5.41) is 3.35.